The largest absolute Gasteiger partial charge is 0.134 e. The van der Waals surface area contributed by atoms with Gasteiger partial charge in [0.2, 0.25) is 0 Å². The summed E-state index contributed by atoms with van der Waals surface area (Å²) >= 11 is 1.98. The van der Waals surface area contributed by atoms with Gasteiger partial charge in [0, 0.05) is 31.0 Å². The smallest absolute Gasteiger partial charge is 0.0433 e. The maximum atomic E-state index is 2.52. The van der Waals surface area contributed by atoms with Gasteiger partial charge in [0.05, 0.1) is 0 Å². The van der Waals surface area contributed by atoms with Gasteiger partial charge in [-0.1, -0.05) is 173 Å². The summed E-state index contributed by atoms with van der Waals surface area (Å²) < 4.78 is 2.82. The molecule has 0 unspecified atom stereocenters. The molecule has 1 heteroatoms. The highest BCUT2D eigenvalue weighted by atomic mass is 32.1. The van der Waals surface area contributed by atoms with Gasteiger partial charge >= 0.3 is 0 Å². The number of hydrogen-bond acceptors (Lipinski definition) is 1. The van der Waals surface area contributed by atoms with Crippen LogP contribution in [0.1, 0.15) is 49.9 Å². The molecular formula is C54H38S. The molecule has 55 heavy (non-hydrogen) atoms. The van der Waals surface area contributed by atoms with Crippen LogP contribution in [0.4, 0.5) is 0 Å². The molecule has 0 saturated carbocycles. The molecule has 0 amide bonds. The molecule has 0 aliphatic heterocycles. The van der Waals surface area contributed by atoms with Gasteiger partial charge in [-0.15, -0.1) is 11.3 Å². The zero-order chi connectivity index (χ0) is 36.8. The standard InChI is InChI=1S/C54H38S/c1-53(2)45-20-12-11-15-35(45)36-24-22-32(29-46(36)53)48-38-16-7-9-18-40(38)49(41-19-10-8-17-39(41)48)33-23-25-37-42-27-28-44-43-26-21-31-13-5-6-14-34(31)51(43)55-52(44)50(42)54(3,4)47(37)30-33/h5-30H,1-4H3. The SMILES string of the molecule is CC1(C)c2ccccc2-c2ccc(-c3c4ccccc4c(-c4ccc5c(c4)C(C)(C)c4c-5ccc5c4sc4c6ccccc6ccc54)c4ccccc34)cc21. The van der Waals surface area contributed by atoms with Crippen molar-refractivity contribution in [1.29, 1.82) is 0 Å². The lowest BCUT2D eigenvalue weighted by atomic mass is 9.79. The van der Waals surface area contributed by atoms with E-state index in [2.05, 4.69) is 185 Å². The van der Waals surface area contributed by atoms with E-state index in [1.165, 1.54) is 119 Å². The molecule has 0 nitrogen and oxygen atoms in total. The van der Waals surface area contributed by atoms with Crippen molar-refractivity contribution >= 4 is 63.8 Å². The van der Waals surface area contributed by atoms with Gasteiger partial charge in [0.25, 0.3) is 0 Å². The topological polar surface area (TPSA) is 0 Å². The van der Waals surface area contributed by atoms with Gasteiger partial charge in [0.15, 0.2) is 0 Å². The summed E-state index contributed by atoms with van der Waals surface area (Å²) in [7, 11) is 0. The number of thiophene rings is 1. The Balaban J connectivity index is 1.06. The number of benzene rings is 9. The van der Waals surface area contributed by atoms with Crippen LogP contribution in [0.15, 0.2) is 158 Å². The minimum absolute atomic E-state index is 0.0581. The summed E-state index contributed by atoms with van der Waals surface area (Å²) in [5.74, 6) is 0. The van der Waals surface area contributed by atoms with E-state index < -0.39 is 0 Å². The zero-order valence-corrected chi connectivity index (χ0v) is 32.2. The van der Waals surface area contributed by atoms with E-state index >= 15 is 0 Å². The summed E-state index contributed by atoms with van der Waals surface area (Å²) in [4.78, 5) is 0. The molecular weight excluding hydrogens is 681 g/mol. The van der Waals surface area contributed by atoms with Crippen molar-refractivity contribution in [1.82, 2.24) is 0 Å². The molecule has 0 radical (unpaired) electrons. The van der Waals surface area contributed by atoms with Crippen LogP contribution in [0.5, 0.6) is 0 Å². The molecule has 2 aliphatic rings. The summed E-state index contributed by atoms with van der Waals surface area (Å²) in [6, 6.07) is 59.9. The fourth-order valence-corrected chi connectivity index (χ4v) is 12.2. The van der Waals surface area contributed by atoms with Crippen molar-refractivity contribution in [2.24, 2.45) is 0 Å². The average molecular weight is 719 g/mol. The van der Waals surface area contributed by atoms with Crippen LogP contribution in [0.2, 0.25) is 0 Å². The summed E-state index contributed by atoms with van der Waals surface area (Å²) in [6.45, 7) is 9.64. The van der Waals surface area contributed by atoms with Crippen molar-refractivity contribution in [2.45, 2.75) is 38.5 Å². The molecule has 0 bridgehead atoms. The lowest BCUT2D eigenvalue weighted by molar-refractivity contribution is 0.660. The van der Waals surface area contributed by atoms with Crippen molar-refractivity contribution in [2.75, 3.05) is 0 Å². The minimum atomic E-state index is -0.156. The molecule has 9 aromatic carbocycles. The molecule has 0 spiro atoms. The fourth-order valence-electron chi connectivity index (χ4n) is 10.6. The number of hydrogen-bond donors (Lipinski definition) is 0. The van der Waals surface area contributed by atoms with Gasteiger partial charge < -0.3 is 0 Å². The van der Waals surface area contributed by atoms with Crippen LogP contribution in [0, 0.1) is 0 Å². The lowest BCUT2D eigenvalue weighted by Crippen LogP contribution is -2.15. The molecule has 1 aromatic heterocycles. The van der Waals surface area contributed by atoms with Crippen LogP contribution in [-0.2, 0) is 10.8 Å². The third-order valence-electron chi connectivity index (χ3n) is 13.2. The first-order valence-electron chi connectivity index (χ1n) is 19.5. The Morgan fingerprint density at radius 1 is 0.345 bits per heavy atom. The van der Waals surface area contributed by atoms with Crippen LogP contribution in [0.3, 0.4) is 0 Å². The van der Waals surface area contributed by atoms with E-state index in [1.54, 1.807) is 0 Å². The first-order valence-corrected chi connectivity index (χ1v) is 20.3. The maximum Gasteiger partial charge on any atom is 0.0433 e. The van der Waals surface area contributed by atoms with Crippen LogP contribution in [-0.4, -0.2) is 0 Å². The Morgan fingerprint density at radius 3 is 1.47 bits per heavy atom. The van der Waals surface area contributed by atoms with Crippen LogP contribution >= 0.6 is 11.3 Å². The molecule has 260 valence electrons. The second-order valence-electron chi connectivity index (χ2n) is 16.8. The predicted octanol–water partition coefficient (Wildman–Crippen LogP) is 15.5. The molecule has 10 aromatic rings. The molecule has 0 N–H and O–H groups in total. The third kappa shape index (κ3) is 4.06. The normalized spacial score (nSPS) is 14.8. The van der Waals surface area contributed by atoms with E-state index in [4.69, 9.17) is 0 Å². The minimum Gasteiger partial charge on any atom is -0.134 e. The average Bonchev–Trinajstić information content (AvgIpc) is 3.79. The lowest BCUT2D eigenvalue weighted by Gasteiger charge is -2.24. The molecule has 2 aliphatic carbocycles. The Morgan fingerprint density at radius 2 is 0.818 bits per heavy atom. The molecule has 0 atom stereocenters. The van der Waals surface area contributed by atoms with Gasteiger partial charge in [-0.05, 0) is 111 Å². The highest BCUT2D eigenvalue weighted by molar-refractivity contribution is 7.27. The Kier molecular flexibility index (Phi) is 6.16. The second kappa shape index (κ2) is 10.8. The van der Waals surface area contributed by atoms with E-state index in [0.29, 0.717) is 0 Å². The van der Waals surface area contributed by atoms with Crippen molar-refractivity contribution in [3.05, 3.63) is 180 Å². The fraction of sp³-hybridized carbons (Fsp3) is 0.111. The maximum absolute atomic E-state index is 2.52. The summed E-state index contributed by atoms with van der Waals surface area (Å²) in [6.07, 6.45) is 0. The monoisotopic (exact) mass is 718 g/mol. The van der Waals surface area contributed by atoms with Gasteiger partial charge in [-0.25, -0.2) is 0 Å². The molecule has 1 heterocycles. The summed E-state index contributed by atoms with van der Waals surface area (Å²) in [5, 5.41) is 10.6. The van der Waals surface area contributed by atoms with E-state index in [0.717, 1.165) is 0 Å². The Labute approximate surface area is 325 Å². The third-order valence-corrected chi connectivity index (χ3v) is 14.5. The molecule has 0 fully saturated rings. The van der Waals surface area contributed by atoms with Gasteiger partial charge in [-0.3, -0.25) is 0 Å². The summed E-state index contributed by atoms with van der Waals surface area (Å²) in [5.41, 5.74) is 16.1. The number of fused-ring (bicyclic) bond motifs is 14. The Hall–Kier alpha value is -6.02. The highest BCUT2D eigenvalue weighted by Gasteiger charge is 2.39. The Bertz CT molecular complexity index is 3260. The molecule has 12 rings (SSSR count). The van der Waals surface area contributed by atoms with Crippen LogP contribution < -0.4 is 0 Å². The predicted molar refractivity (Wildman–Crippen MR) is 238 cm³/mol. The highest BCUT2D eigenvalue weighted by Crippen LogP contribution is 2.56. The van der Waals surface area contributed by atoms with Gasteiger partial charge in [-0.2, -0.15) is 0 Å². The quantitative estimate of drug-likeness (QED) is 0.156. The van der Waals surface area contributed by atoms with Crippen LogP contribution in [0.25, 0.3) is 97.0 Å². The first-order chi connectivity index (χ1) is 26.8. The molecule has 0 saturated heterocycles. The zero-order valence-electron chi connectivity index (χ0n) is 31.4. The van der Waals surface area contributed by atoms with E-state index in [9.17, 15) is 0 Å². The second-order valence-corrected chi connectivity index (χ2v) is 17.8. The van der Waals surface area contributed by atoms with Gasteiger partial charge in [0.1, 0.15) is 0 Å². The van der Waals surface area contributed by atoms with E-state index in [-0.39, 0.29) is 10.8 Å². The van der Waals surface area contributed by atoms with Crippen molar-refractivity contribution in [3.63, 3.8) is 0 Å². The van der Waals surface area contributed by atoms with E-state index in [1.807, 2.05) is 11.3 Å². The van der Waals surface area contributed by atoms with Crippen molar-refractivity contribution in [3.8, 4) is 44.5 Å². The number of rotatable bonds is 2. The van der Waals surface area contributed by atoms with Crippen molar-refractivity contribution < 1.29 is 0 Å². The first kappa shape index (κ1) is 31.3.